The van der Waals surface area contributed by atoms with E-state index in [4.69, 9.17) is 5.73 Å². The molecule has 0 aliphatic carbocycles. The molecule has 8 heteroatoms. The normalized spacial score (nSPS) is 10.6. The number of rotatable bonds is 12. The number of unbranched alkanes of at least 4 members (excludes halogenated alkanes) is 5. The van der Waals surface area contributed by atoms with E-state index in [0.29, 0.717) is 22.1 Å². The van der Waals surface area contributed by atoms with Crippen LogP contribution in [0.15, 0.2) is 5.03 Å². The largest absolute Gasteiger partial charge is 0.365 e. The van der Waals surface area contributed by atoms with Gasteiger partial charge in [-0.25, -0.2) is 4.79 Å². The number of primary amides is 1. The van der Waals surface area contributed by atoms with Gasteiger partial charge in [-0.1, -0.05) is 46.0 Å². The number of aromatic nitrogens is 1. The summed E-state index contributed by atoms with van der Waals surface area (Å²) in [5.41, 5.74) is 5.79. The lowest BCUT2D eigenvalue weighted by Crippen LogP contribution is -2.30. The number of hydrogen-bond acceptors (Lipinski definition) is 5. The van der Waals surface area contributed by atoms with Crippen molar-refractivity contribution in [1.29, 1.82) is 0 Å². The second kappa shape index (κ2) is 12.1. The van der Waals surface area contributed by atoms with E-state index in [1.54, 1.807) is 0 Å². The van der Waals surface area contributed by atoms with Crippen LogP contribution in [0.4, 0.5) is 9.80 Å². The third-order valence-corrected chi connectivity index (χ3v) is 5.38. The van der Waals surface area contributed by atoms with E-state index in [-0.39, 0.29) is 6.03 Å². The van der Waals surface area contributed by atoms with Gasteiger partial charge in [0.2, 0.25) is 0 Å². The molecule has 0 saturated carbocycles. The average molecular weight is 373 g/mol. The lowest BCUT2D eigenvalue weighted by Gasteiger charge is -2.07. The smallest absolute Gasteiger partial charge is 0.319 e. The minimum Gasteiger partial charge on any atom is -0.365 e. The number of hydrogen-bond donors (Lipinski definition) is 3. The Balaban J connectivity index is 2.55. The van der Waals surface area contributed by atoms with Crippen LogP contribution >= 0.6 is 23.3 Å². The van der Waals surface area contributed by atoms with Crippen LogP contribution in [0.25, 0.3) is 0 Å². The van der Waals surface area contributed by atoms with Gasteiger partial charge >= 0.3 is 6.03 Å². The van der Waals surface area contributed by atoms with Gasteiger partial charge in [-0.05, 0) is 30.1 Å². The van der Waals surface area contributed by atoms with E-state index < -0.39 is 5.91 Å². The second-order valence-corrected chi connectivity index (χ2v) is 7.41. The van der Waals surface area contributed by atoms with Crippen molar-refractivity contribution in [1.82, 2.24) is 9.69 Å². The fourth-order valence-electron chi connectivity index (χ4n) is 2.10. The van der Waals surface area contributed by atoms with Crippen LogP contribution in [-0.2, 0) is 0 Å². The first-order chi connectivity index (χ1) is 11.6. The van der Waals surface area contributed by atoms with Crippen molar-refractivity contribution in [2.75, 3.05) is 17.6 Å². The summed E-state index contributed by atoms with van der Waals surface area (Å²) in [5.74, 6) is 0.341. The van der Waals surface area contributed by atoms with Crippen LogP contribution in [0.2, 0.25) is 0 Å². The summed E-state index contributed by atoms with van der Waals surface area (Å²) < 4.78 is 4.28. The van der Waals surface area contributed by atoms with Crippen molar-refractivity contribution in [2.45, 2.75) is 63.8 Å². The number of anilines is 1. The van der Waals surface area contributed by atoms with Crippen LogP contribution in [0, 0.1) is 0 Å². The van der Waals surface area contributed by atoms with Gasteiger partial charge in [-0.3, -0.25) is 10.1 Å². The molecule has 0 unspecified atom stereocenters. The van der Waals surface area contributed by atoms with Crippen molar-refractivity contribution < 1.29 is 9.59 Å². The van der Waals surface area contributed by atoms with Crippen LogP contribution < -0.4 is 16.4 Å². The summed E-state index contributed by atoms with van der Waals surface area (Å²) in [6.45, 7) is 4.89. The van der Waals surface area contributed by atoms with Crippen LogP contribution in [0.5, 0.6) is 0 Å². The number of thioether (sulfide) groups is 1. The number of carbonyl (C=O) groups excluding carboxylic acids is 2. The number of nitrogens with two attached hydrogens (primary N) is 1. The molecule has 0 aliphatic rings. The highest BCUT2D eigenvalue weighted by Crippen LogP contribution is 2.32. The molecule has 0 radical (unpaired) electrons. The van der Waals surface area contributed by atoms with Crippen LogP contribution in [0.1, 0.15) is 69.2 Å². The van der Waals surface area contributed by atoms with E-state index >= 15 is 0 Å². The Labute approximate surface area is 152 Å². The molecule has 0 atom stereocenters. The summed E-state index contributed by atoms with van der Waals surface area (Å²) >= 11 is 2.63. The molecule has 1 aromatic heterocycles. The molecule has 0 aliphatic heterocycles. The molecule has 6 nitrogen and oxygen atoms in total. The van der Waals surface area contributed by atoms with Gasteiger partial charge in [0.05, 0.1) is 0 Å². The Bertz CT molecular complexity index is 520. The molecule has 0 fully saturated rings. The molecule has 1 rings (SSSR count). The zero-order valence-corrected chi connectivity index (χ0v) is 16.2. The molecule has 3 amide bonds. The topological polar surface area (TPSA) is 97.1 Å². The highest BCUT2D eigenvalue weighted by Gasteiger charge is 2.20. The minimum absolute atomic E-state index is 0.322. The lowest BCUT2D eigenvalue weighted by atomic mass is 10.2. The van der Waals surface area contributed by atoms with Gasteiger partial charge in [-0.2, -0.15) is 4.37 Å². The third-order valence-electron chi connectivity index (χ3n) is 3.44. The van der Waals surface area contributed by atoms with Gasteiger partial charge < -0.3 is 11.1 Å². The predicted octanol–water partition coefficient (Wildman–Crippen LogP) is 4.23. The summed E-state index contributed by atoms with van der Waals surface area (Å²) in [5, 5.41) is 6.51. The summed E-state index contributed by atoms with van der Waals surface area (Å²) in [4.78, 5) is 23.6. The van der Waals surface area contributed by atoms with E-state index in [1.807, 2.05) is 0 Å². The monoisotopic (exact) mass is 372 g/mol. The molecule has 4 N–H and O–H groups in total. The SMILES string of the molecule is CCCCCCSc1nsc(NC(=O)NCCCCC)c1C(N)=O. The first kappa shape index (κ1) is 20.8. The van der Waals surface area contributed by atoms with Crippen molar-refractivity contribution in [3.8, 4) is 0 Å². The Hall–Kier alpha value is -1.28. The van der Waals surface area contributed by atoms with Crippen LogP contribution in [-0.4, -0.2) is 28.6 Å². The summed E-state index contributed by atoms with van der Waals surface area (Å²) in [6, 6.07) is -0.322. The molecular weight excluding hydrogens is 344 g/mol. The van der Waals surface area contributed by atoms with Gasteiger partial charge in [0, 0.05) is 6.54 Å². The standard InChI is InChI=1S/C16H28N4O2S2/c1-3-5-7-9-11-23-15-12(13(17)21)14(24-20-15)19-16(22)18-10-8-6-4-2/h3-11H2,1-2H3,(H2,17,21)(H2,18,19,22). The second-order valence-electron chi connectivity index (χ2n) is 5.55. The van der Waals surface area contributed by atoms with Gasteiger partial charge in [0.15, 0.2) is 0 Å². The number of urea groups is 1. The van der Waals surface area contributed by atoms with Gasteiger partial charge in [0.25, 0.3) is 5.91 Å². The zero-order chi connectivity index (χ0) is 17.8. The third kappa shape index (κ3) is 7.53. The molecule has 0 saturated heterocycles. The summed E-state index contributed by atoms with van der Waals surface area (Å²) in [7, 11) is 0. The fraction of sp³-hybridized carbons (Fsp3) is 0.688. The molecule has 24 heavy (non-hydrogen) atoms. The highest BCUT2D eigenvalue weighted by molar-refractivity contribution is 7.99. The molecule has 136 valence electrons. The van der Waals surface area contributed by atoms with Gasteiger partial charge in [0.1, 0.15) is 15.6 Å². The molecule has 0 spiro atoms. The average Bonchev–Trinajstić information content (AvgIpc) is 2.94. The Morgan fingerprint density at radius 1 is 1.12 bits per heavy atom. The Morgan fingerprint density at radius 3 is 2.50 bits per heavy atom. The van der Waals surface area contributed by atoms with Crippen molar-refractivity contribution >= 4 is 40.2 Å². The van der Waals surface area contributed by atoms with Gasteiger partial charge in [-0.15, -0.1) is 11.8 Å². The van der Waals surface area contributed by atoms with Crippen molar-refractivity contribution in [2.24, 2.45) is 5.73 Å². The van der Waals surface area contributed by atoms with Crippen LogP contribution in [0.3, 0.4) is 0 Å². The number of nitrogens with zero attached hydrogens (tertiary/aromatic N) is 1. The van der Waals surface area contributed by atoms with Crippen molar-refractivity contribution in [3.05, 3.63) is 5.56 Å². The minimum atomic E-state index is -0.555. The molecule has 1 aromatic rings. The van der Waals surface area contributed by atoms with E-state index in [1.165, 1.54) is 31.0 Å². The Morgan fingerprint density at radius 2 is 1.83 bits per heavy atom. The first-order valence-electron chi connectivity index (χ1n) is 8.57. The quantitative estimate of drug-likeness (QED) is 0.378. The summed E-state index contributed by atoms with van der Waals surface area (Å²) in [6.07, 6.45) is 7.77. The number of nitrogens with one attached hydrogen (secondary N) is 2. The zero-order valence-electron chi connectivity index (χ0n) is 14.5. The van der Waals surface area contributed by atoms with E-state index in [0.717, 1.165) is 43.0 Å². The van der Waals surface area contributed by atoms with Crippen molar-refractivity contribution in [3.63, 3.8) is 0 Å². The van der Waals surface area contributed by atoms with E-state index in [2.05, 4.69) is 28.9 Å². The molecule has 1 heterocycles. The maximum absolute atomic E-state index is 11.9. The lowest BCUT2D eigenvalue weighted by molar-refractivity contribution is 0.0998. The Kier molecular flexibility index (Phi) is 10.5. The first-order valence-corrected chi connectivity index (χ1v) is 10.3. The number of carbonyl (C=O) groups is 2. The predicted molar refractivity (Wildman–Crippen MR) is 102 cm³/mol. The number of amides is 3. The van der Waals surface area contributed by atoms with E-state index in [9.17, 15) is 9.59 Å². The molecule has 0 bridgehead atoms. The molecule has 0 aromatic carbocycles. The highest BCUT2D eigenvalue weighted by atomic mass is 32.2. The molecular formula is C16H28N4O2S2. The maximum atomic E-state index is 11.9. The fourth-order valence-corrected chi connectivity index (χ4v) is 4.07. The maximum Gasteiger partial charge on any atom is 0.319 e.